The van der Waals surface area contributed by atoms with Gasteiger partial charge in [0, 0.05) is 24.4 Å². The molecule has 2 aliphatic heterocycles. The lowest BCUT2D eigenvalue weighted by molar-refractivity contribution is -0.138. The van der Waals surface area contributed by atoms with E-state index >= 15 is 0 Å². The lowest BCUT2D eigenvalue weighted by Crippen LogP contribution is -2.42. The monoisotopic (exact) mass is 618 g/mol. The molecule has 0 bridgehead atoms. The fraction of sp³-hybridized carbons (Fsp3) is 0.438. The van der Waals surface area contributed by atoms with Crippen LogP contribution >= 0.6 is 11.5 Å². The van der Waals surface area contributed by atoms with Crippen LogP contribution in [-0.4, -0.2) is 69.1 Å². The van der Waals surface area contributed by atoms with Gasteiger partial charge in [0.2, 0.25) is 5.91 Å². The predicted octanol–water partition coefficient (Wildman–Crippen LogP) is 4.32. The van der Waals surface area contributed by atoms with Gasteiger partial charge < -0.3 is 24.8 Å². The Morgan fingerprint density at radius 3 is 2.57 bits per heavy atom. The van der Waals surface area contributed by atoms with Crippen LogP contribution in [0.1, 0.15) is 94.5 Å². The van der Waals surface area contributed by atoms with Gasteiger partial charge in [-0.25, -0.2) is 4.79 Å². The largest absolute Gasteiger partial charge is 0.484 e. The van der Waals surface area contributed by atoms with E-state index < -0.39 is 24.0 Å². The zero-order chi connectivity index (χ0) is 30.8. The number of carbonyl (C=O) groups is 4. The number of carbonyl (C=O) groups excluding carboxylic acids is 3. The number of piperidine rings is 1. The summed E-state index contributed by atoms with van der Waals surface area (Å²) in [4.78, 5) is 51.6. The Hall–Kier alpha value is -4.32. The maximum Gasteiger partial charge on any atom is 0.335 e. The molecule has 3 heterocycles. The number of ether oxygens (including phenoxy) is 2. The average molecular weight is 619 g/mol. The Morgan fingerprint density at radius 1 is 1.11 bits per heavy atom. The molecule has 1 aliphatic carbocycles. The number of carboxylic acid groups (broad SMARTS) is 1. The highest BCUT2D eigenvalue weighted by atomic mass is 32.1. The van der Waals surface area contributed by atoms with Gasteiger partial charge >= 0.3 is 11.9 Å². The molecule has 3 aliphatic rings. The first-order valence-electron chi connectivity index (χ1n) is 14.9. The van der Waals surface area contributed by atoms with Gasteiger partial charge in [-0.3, -0.25) is 14.4 Å². The molecule has 2 aromatic carbocycles. The molecule has 230 valence electrons. The zero-order valence-corrected chi connectivity index (χ0v) is 25.1. The summed E-state index contributed by atoms with van der Waals surface area (Å²) in [5.74, 6) is -1.63. The highest BCUT2D eigenvalue weighted by Gasteiger charge is 2.36. The number of benzene rings is 2. The first-order chi connectivity index (χ1) is 21.3. The van der Waals surface area contributed by atoms with Gasteiger partial charge in [-0.15, -0.1) is 5.10 Å². The van der Waals surface area contributed by atoms with Gasteiger partial charge in [0.25, 0.3) is 5.91 Å². The maximum absolute atomic E-state index is 13.1. The molecular formula is C32H34N4O7S. The van der Waals surface area contributed by atoms with Crippen molar-refractivity contribution in [2.45, 2.75) is 63.0 Å². The number of likely N-dealkylation sites (tertiary alicyclic amines) is 1. The first kappa shape index (κ1) is 29.7. The van der Waals surface area contributed by atoms with Crippen molar-refractivity contribution in [3.05, 3.63) is 75.8 Å². The van der Waals surface area contributed by atoms with E-state index in [-0.39, 0.29) is 48.0 Å². The molecule has 1 saturated carbocycles. The minimum Gasteiger partial charge on any atom is -0.484 e. The second-order valence-corrected chi connectivity index (χ2v) is 12.4. The van der Waals surface area contributed by atoms with Gasteiger partial charge in [-0.2, -0.15) is 0 Å². The van der Waals surface area contributed by atoms with Crippen molar-refractivity contribution in [2.24, 2.45) is 5.92 Å². The van der Waals surface area contributed by atoms with E-state index in [1.807, 2.05) is 19.1 Å². The molecule has 1 aromatic heterocycles. The molecule has 0 radical (unpaired) electrons. The van der Waals surface area contributed by atoms with Crippen LogP contribution in [0.2, 0.25) is 0 Å². The van der Waals surface area contributed by atoms with Gasteiger partial charge in [0.05, 0.1) is 23.9 Å². The van der Waals surface area contributed by atoms with E-state index in [9.17, 15) is 24.3 Å². The van der Waals surface area contributed by atoms with E-state index in [1.165, 1.54) is 24.5 Å². The SMILES string of the molecule is C[C@H](NC(=O)c1csnn1)[C@H](Oc1ccc(C(=O)O)c([C@@H]2CCCN(C(=O)[C@H]3COC(=O)C3)C2)c1)c1ccc(C2CC2)cc1. The Kier molecular flexibility index (Phi) is 8.60. The summed E-state index contributed by atoms with van der Waals surface area (Å²) in [6.45, 7) is 2.82. The first-order valence-corrected chi connectivity index (χ1v) is 15.8. The quantitative estimate of drug-likeness (QED) is 0.317. The summed E-state index contributed by atoms with van der Waals surface area (Å²) in [6.07, 6.45) is 3.25. The van der Waals surface area contributed by atoms with Crippen LogP contribution in [-0.2, 0) is 14.3 Å². The highest BCUT2D eigenvalue weighted by molar-refractivity contribution is 7.03. The number of hydrogen-bond donors (Lipinski definition) is 2. The number of nitrogens with zero attached hydrogens (tertiary/aromatic N) is 3. The van der Waals surface area contributed by atoms with Gasteiger partial charge in [-0.05, 0) is 84.9 Å². The zero-order valence-electron chi connectivity index (χ0n) is 24.3. The summed E-state index contributed by atoms with van der Waals surface area (Å²) in [6, 6.07) is 12.7. The number of hydrogen-bond acceptors (Lipinski definition) is 9. The fourth-order valence-electron chi connectivity index (χ4n) is 6.11. The van der Waals surface area contributed by atoms with Crippen LogP contribution < -0.4 is 10.1 Å². The normalized spacial score (nSPS) is 21.3. The number of amides is 2. The number of aromatic nitrogens is 2. The smallest absolute Gasteiger partial charge is 0.335 e. The second-order valence-electron chi connectivity index (χ2n) is 11.8. The molecule has 11 nitrogen and oxygen atoms in total. The fourth-order valence-corrected chi connectivity index (χ4v) is 6.54. The van der Waals surface area contributed by atoms with Gasteiger partial charge in [0.15, 0.2) is 5.69 Å². The van der Waals surface area contributed by atoms with Crippen LogP contribution in [0.4, 0.5) is 0 Å². The van der Waals surface area contributed by atoms with Crippen molar-refractivity contribution < 1.29 is 33.8 Å². The molecule has 2 N–H and O–H groups in total. The minimum absolute atomic E-state index is 0.0699. The van der Waals surface area contributed by atoms with Crippen LogP contribution in [0.5, 0.6) is 5.75 Å². The van der Waals surface area contributed by atoms with Crippen molar-refractivity contribution in [3.8, 4) is 5.75 Å². The lowest BCUT2D eigenvalue weighted by Gasteiger charge is -2.35. The van der Waals surface area contributed by atoms with Crippen molar-refractivity contribution in [1.29, 1.82) is 0 Å². The third-order valence-electron chi connectivity index (χ3n) is 8.62. The number of aromatic carboxylic acids is 1. The van der Waals surface area contributed by atoms with Crippen LogP contribution in [0, 0.1) is 5.92 Å². The molecule has 0 unspecified atom stereocenters. The molecule has 44 heavy (non-hydrogen) atoms. The number of esters is 1. The lowest BCUT2D eigenvalue weighted by atomic mass is 9.86. The number of nitrogens with one attached hydrogen (secondary N) is 1. The molecule has 0 spiro atoms. The summed E-state index contributed by atoms with van der Waals surface area (Å²) >= 11 is 1.09. The molecule has 2 saturated heterocycles. The summed E-state index contributed by atoms with van der Waals surface area (Å²) < 4.78 is 15.3. The molecule has 6 rings (SSSR count). The van der Waals surface area contributed by atoms with Crippen LogP contribution in [0.15, 0.2) is 47.8 Å². The molecule has 3 fully saturated rings. The maximum atomic E-state index is 13.1. The second kappa shape index (κ2) is 12.7. The van der Waals surface area contributed by atoms with Crippen molar-refractivity contribution in [3.63, 3.8) is 0 Å². The molecular weight excluding hydrogens is 584 g/mol. The Bertz CT molecular complexity index is 1540. The van der Waals surface area contributed by atoms with Crippen LogP contribution in [0.25, 0.3) is 0 Å². The van der Waals surface area contributed by atoms with Crippen molar-refractivity contribution in [1.82, 2.24) is 19.8 Å². The standard InChI is InChI=1S/C32H34N4O7S/c1-18(33-30(38)27-17-44-35-34-27)29(21-8-6-20(7-9-21)19-4-5-19)43-24-10-11-25(32(40)41)26(14-24)22-3-2-12-36(15-22)31(39)23-13-28(37)42-16-23/h6-11,14,17-19,22-23,29H,2-5,12-13,15-16H2,1H3,(H,33,38)(H,40,41)/t18-,22+,23+,29-/m0/s1. The van der Waals surface area contributed by atoms with Gasteiger partial charge in [0.1, 0.15) is 18.5 Å². The van der Waals surface area contributed by atoms with E-state index in [2.05, 4.69) is 27.0 Å². The molecule has 3 aromatic rings. The predicted molar refractivity (Wildman–Crippen MR) is 160 cm³/mol. The number of carboxylic acids is 1. The minimum atomic E-state index is -1.06. The van der Waals surface area contributed by atoms with E-state index in [0.29, 0.717) is 43.2 Å². The average Bonchev–Trinajstić information content (AvgIpc) is 3.54. The van der Waals surface area contributed by atoms with E-state index in [1.54, 1.807) is 22.4 Å². The summed E-state index contributed by atoms with van der Waals surface area (Å²) in [7, 11) is 0. The molecule has 4 atom stereocenters. The Labute approximate surface area is 258 Å². The van der Waals surface area contributed by atoms with E-state index in [0.717, 1.165) is 17.1 Å². The Balaban J connectivity index is 1.26. The van der Waals surface area contributed by atoms with Crippen LogP contribution in [0.3, 0.4) is 0 Å². The topological polar surface area (TPSA) is 148 Å². The third-order valence-corrected chi connectivity index (χ3v) is 9.12. The third kappa shape index (κ3) is 6.59. The van der Waals surface area contributed by atoms with Gasteiger partial charge in [-0.1, -0.05) is 28.8 Å². The molecule has 2 amide bonds. The number of rotatable bonds is 10. The highest BCUT2D eigenvalue weighted by Crippen LogP contribution is 2.41. The summed E-state index contributed by atoms with van der Waals surface area (Å²) in [5.41, 5.74) is 3.10. The van der Waals surface area contributed by atoms with Crippen molar-refractivity contribution in [2.75, 3.05) is 19.7 Å². The van der Waals surface area contributed by atoms with Crippen molar-refractivity contribution >= 4 is 35.3 Å². The Morgan fingerprint density at radius 2 is 1.91 bits per heavy atom. The molecule has 12 heteroatoms. The number of cyclic esters (lactones) is 1. The van der Waals surface area contributed by atoms with E-state index in [4.69, 9.17) is 9.47 Å². The summed E-state index contributed by atoms with van der Waals surface area (Å²) in [5, 5.41) is 18.5.